The van der Waals surface area contributed by atoms with Crippen LogP contribution < -0.4 is 15.8 Å². The number of rotatable bonds is 2. The molecule has 1 aliphatic carbocycles. The van der Waals surface area contributed by atoms with Crippen LogP contribution in [0.1, 0.15) is 36.9 Å². The van der Waals surface area contributed by atoms with Crippen LogP contribution in [0, 0.1) is 0 Å². The van der Waals surface area contributed by atoms with E-state index >= 15 is 0 Å². The Balaban J connectivity index is 1.45. The molecule has 1 saturated carbocycles. The first kappa shape index (κ1) is 18.1. The smallest absolute Gasteiger partial charge is 0.264 e. The van der Waals surface area contributed by atoms with E-state index in [-0.39, 0.29) is 23.9 Å². The van der Waals surface area contributed by atoms with Crippen LogP contribution in [-0.2, 0) is 22.6 Å². The Labute approximate surface area is 167 Å². The number of aromatic nitrogens is 2. The fourth-order valence-electron chi connectivity index (χ4n) is 4.93. The first-order valence-corrected chi connectivity index (χ1v) is 10.1. The second kappa shape index (κ2) is 6.81. The van der Waals surface area contributed by atoms with Crippen molar-refractivity contribution in [3.63, 3.8) is 0 Å². The summed E-state index contributed by atoms with van der Waals surface area (Å²) in [6.07, 6.45) is 3.92. The van der Waals surface area contributed by atoms with Crippen LogP contribution in [0.2, 0.25) is 0 Å². The van der Waals surface area contributed by atoms with Gasteiger partial charge >= 0.3 is 0 Å². The zero-order valence-electron chi connectivity index (χ0n) is 16.1. The van der Waals surface area contributed by atoms with Gasteiger partial charge in [0.2, 0.25) is 5.91 Å². The average molecular weight is 393 g/mol. The van der Waals surface area contributed by atoms with E-state index in [0.29, 0.717) is 38.0 Å². The Kier molecular flexibility index (Phi) is 4.24. The van der Waals surface area contributed by atoms with Crippen LogP contribution >= 0.6 is 0 Å². The van der Waals surface area contributed by atoms with Crippen molar-refractivity contribution >= 4 is 23.2 Å². The lowest BCUT2D eigenvalue weighted by atomic mass is 9.89. The summed E-state index contributed by atoms with van der Waals surface area (Å²) >= 11 is 0. The van der Waals surface area contributed by atoms with Crippen molar-refractivity contribution < 1.29 is 9.59 Å². The van der Waals surface area contributed by atoms with Gasteiger partial charge < -0.3 is 5.32 Å². The van der Waals surface area contributed by atoms with Gasteiger partial charge in [0, 0.05) is 25.6 Å². The molecule has 3 aliphatic rings. The second-order valence-electron chi connectivity index (χ2n) is 8.10. The fraction of sp³-hybridized carbons (Fsp3) is 0.429. The van der Waals surface area contributed by atoms with E-state index in [4.69, 9.17) is 0 Å². The minimum atomic E-state index is -0.794. The number of benzene rings is 1. The molecular weight excluding hydrogens is 370 g/mol. The lowest BCUT2D eigenvalue weighted by Gasteiger charge is -2.45. The molecule has 1 aromatic heterocycles. The highest BCUT2D eigenvalue weighted by Crippen LogP contribution is 2.45. The van der Waals surface area contributed by atoms with E-state index in [9.17, 15) is 14.4 Å². The van der Waals surface area contributed by atoms with E-state index in [0.717, 1.165) is 29.8 Å². The molecule has 2 aromatic rings. The van der Waals surface area contributed by atoms with Crippen molar-refractivity contribution in [2.45, 2.75) is 44.2 Å². The monoisotopic (exact) mass is 393 g/mol. The Morgan fingerprint density at radius 3 is 2.79 bits per heavy atom. The van der Waals surface area contributed by atoms with Gasteiger partial charge in [0.05, 0.1) is 23.6 Å². The molecule has 2 aliphatic heterocycles. The number of hydrogen-bond acceptors (Lipinski definition) is 5. The molecule has 1 fully saturated rings. The molecule has 3 heterocycles. The predicted molar refractivity (Wildman–Crippen MR) is 108 cm³/mol. The molecule has 0 radical (unpaired) electrons. The van der Waals surface area contributed by atoms with E-state index in [1.54, 1.807) is 11.0 Å². The van der Waals surface area contributed by atoms with Crippen molar-refractivity contribution in [3.05, 3.63) is 51.9 Å². The summed E-state index contributed by atoms with van der Waals surface area (Å²) in [5, 5.41) is 9.59. The van der Waals surface area contributed by atoms with Crippen molar-refractivity contribution in [2.24, 2.45) is 0 Å². The summed E-state index contributed by atoms with van der Waals surface area (Å²) in [7, 11) is 0. The van der Waals surface area contributed by atoms with Crippen LogP contribution in [0.3, 0.4) is 0 Å². The first-order valence-electron chi connectivity index (χ1n) is 10.1. The van der Waals surface area contributed by atoms with Gasteiger partial charge in [-0.25, -0.2) is 5.10 Å². The van der Waals surface area contributed by atoms with Crippen molar-refractivity contribution in [1.82, 2.24) is 15.1 Å². The number of amides is 2. The number of carbonyl (C=O) groups excluding carboxylic acids is 2. The van der Waals surface area contributed by atoms with Crippen molar-refractivity contribution in [3.8, 4) is 0 Å². The lowest BCUT2D eigenvalue weighted by molar-refractivity contribution is -0.128. The molecular formula is C21H23N5O3. The van der Waals surface area contributed by atoms with Crippen LogP contribution in [0.15, 0.2) is 35.1 Å². The van der Waals surface area contributed by atoms with Gasteiger partial charge in [-0.2, -0.15) is 5.10 Å². The number of hydrogen-bond donors (Lipinski definition) is 2. The molecule has 1 aromatic carbocycles. The SMILES string of the molecule is O=C(CN1CCc2n[nH]c(=O)cc2C1)N1c2ccccc2NC(=O)C12CCCC2. The third-order valence-corrected chi connectivity index (χ3v) is 6.32. The largest absolute Gasteiger partial charge is 0.322 e. The van der Waals surface area contributed by atoms with Crippen molar-refractivity contribution in [2.75, 3.05) is 23.3 Å². The summed E-state index contributed by atoms with van der Waals surface area (Å²) in [5.74, 6) is -0.155. The molecule has 8 heteroatoms. The molecule has 8 nitrogen and oxygen atoms in total. The molecule has 5 rings (SSSR count). The Morgan fingerprint density at radius 2 is 1.97 bits per heavy atom. The molecule has 2 amide bonds. The minimum Gasteiger partial charge on any atom is -0.322 e. The number of nitrogens with zero attached hydrogens (tertiary/aromatic N) is 3. The topological polar surface area (TPSA) is 98.4 Å². The number of nitrogens with one attached hydrogen (secondary N) is 2. The normalized spacial score (nSPS) is 20.3. The molecule has 0 saturated heterocycles. The van der Waals surface area contributed by atoms with Crippen LogP contribution in [0.25, 0.3) is 0 Å². The van der Waals surface area contributed by atoms with E-state index in [2.05, 4.69) is 15.5 Å². The Morgan fingerprint density at radius 1 is 1.17 bits per heavy atom. The van der Waals surface area contributed by atoms with Crippen LogP contribution in [-0.4, -0.2) is 45.5 Å². The zero-order valence-corrected chi connectivity index (χ0v) is 16.1. The lowest BCUT2D eigenvalue weighted by Crippen LogP contribution is -2.62. The molecule has 0 unspecified atom stereocenters. The highest BCUT2D eigenvalue weighted by molar-refractivity contribution is 6.15. The molecule has 1 spiro atoms. The first-order chi connectivity index (χ1) is 14.1. The van der Waals surface area contributed by atoms with Gasteiger partial charge in [-0.3, -0.25) is 24.2 Å². The molecule has 0 atom stereocenters. The van der Waals surface area contributed by atoms with E-state index < -0.39 is 5.54 Å². The fourth-order valence-corrected chi connectivity index (χ4v) is 4.93. The van der Waals surface area contributed by atoms with Gasteiger partial charge in [-0.1, -0.05) is 25.0 Å². The van der Waals surface area contributed by atoms with Crippen LogP contribution in [0.5, 0.6) is 0 Å². The summed E-state index contributed by atoms with van der Waals surface area (Å²) in [5.41, 5.74) is 2.17. The Bertz CT molecular complexity index is 1040. The van der Waals surface area contributed by atoms with Gasteiger partial charge in [-0.15, -0.1) is 0 Å². The summed E-state index contributed by atoms with van der Waals surface area (Å²) in [4.78, 5) is 41.9. The number of para-hydroxylation sites is 2. The summed E-state index contributed by atoms with van der Waals surface area (Å²) in [6.45, 7) is 1.40. The van der Waals surface area contributed by atoms with Crippen LogP contribution in [0.4, 0.5) is 11.4 Å². The van der Waals surface area contributed by atoms with Gasteiger partial charge in [-0.05, 0) is 30.5 Å². The average Bonchev–Trinajstić information content (AvgIpc) is 3.19. The number of aromatic amines is 1. The summed E-state index contributed by atoms with van der Waals surface area (Å²) in [6, 6.07) is 9.06. The molecule has 0 bridgehead atoms. The summed E-state index contributed by atoms with van der Waals surface area (Å²) < 4.78 is 0. The zero-order chi connectivity index (χ0) is 20.0. The highest BCUT2D eigenvalue weighted by Gasteiger charge is 2.52. The molecule has 29 heavy (non-hydrogen) atoms. The minimum absolute atomic E-state index is 0.0737. The van der Waals surface area contributed by atoms with Crippen molar-refractivity contribution in [1.29, 1.82) is 0 Å². The second-order valence-corrected chi connectivity index (χ2v) is 8.10. The Hall–Kier alpha value is -3.00. The number of anilines is 2. The number of H-pyrrole nitrogens is 1. The maximum absolute atomic E-state index is 13.5. The quantitative estimate of drug-likeness (QED) is 0.804. The van der Waals surface area contributed by atoms with E-state index in [1.165, 1.54) is 0 Å². The number of carbonyl (C=O) groups is 2. The predicted octanol–water partition coefficient (Wildman–Crippen LogP) is 1.43. The maximum atomic E-state index is 13.5. The maximum Gasteiger partial charge on any atom is 0.264 e. The van der Waals surface area contributed by atoms with Gasteiger partial charge in [0.1, 0.15) is 5.54 Å². The molecule has 150 valence electrons. The standard InChI is InChI=1S/C21H23N5O3/c27-18-11-14-12-25(10-7-15(14)23-24-18)13-19(28)26-17-6-2-1-5-16(17)22-20(29)21(26)8-3-4-9-21/h1-2,5-6,11H,3-4,7-10,12-13H2,(H,22,29)(H,24,27). The van der Waals surface area contributed by atoms with Gasteiger partial charge in [0.25, 0.3) is 11.5 Å². The van der Waals surface area contributed by atoms with Gasteiger partial charge in [0.15, 0.2) is 0 Å². The third-order valence-electron chi connectivity index (χ3n) is 6.32. The molecule has 2 N–H and O–H groups in total. The third kappa shape index (κ3) is 2.95. The number of fused-ring (bicyclic) bond motifs is 2. The van der Waals surface area contributed by atoms with E-state index in [1.807, 2.05) is 29.2 Å². The highest BCUT2D eigenvalue weighted by atomic mass is 16.2.